The number of amides is 2. The molecular weight excluding hydrogens is 404 g/mol. The van der Waals surface area contributed by atoms with Gasteiger partial charge in [-0.3, -0.25) is 14.5 Å². The number of aromatic nitrogens is 2. The van der Waals surface area contributed by atoms with Crippen LogP contribution in [0.1, 0.15) is 24.0 Å². The lowest BCUT2D eigenvalue weighted by Crippen LogP contribution is -2.47. The molecule has 8 nitrogen and oxygen atoms in total. The van der Waals surface area contributed by atoms with Crippen molar-refractivity contribution in [3.05, 3.63) is 53.9 Å². The van der Waals surface area contributed by atoms with Gasteiger partial charge in [0.05, 0.1) is 5.92 Å². The van der Waals surface area contributed by atoms with Crippen molar-refractivity contribution < 1.29 is 9.59 Å². The number of nitrogens with zero attached hydrogens (tertiary/aromatic N) is 5. The van der Waals surface area contributed by atoms with Crippen molar-refractivity contribution in [2.24, 2.45) is 5.92 Å². The highest BCUT2D eigenvalue weighted by Crippen LogP contribution is 2.20. The van der Waals surface area contributed by atoms with E-state index in [1.165, 1.54) is 5.56 Å². The average molecular weight is 437 g/mol. The van der Waals surface area contributed by atoms with Gasteiger partial charge in [-0.15, -0.1) is 0 Å². The Hall–Kier alpha value is -3.00. The number of carbonyl (C=O) groups excluding carboxylic acids is 2. The molecular formula is C24H32N6O2. The number of carbonyl (C=O) groups is 2. The molecule has 2 aromatic rings. The normalized spacial score (nSPS) is 19.4. The van der Waals surface area contributed by atoms with Crippen LogP contribution in [0.15, 0.2) is 42.7 Å². The molecule has 2 fully saturated rings. The number of anilines is 1. The Balaban J connectivity index is 1.13. The highest BCUT2D eigenvalue weighted by Gasteiger charge is 2.34. The van der Waals surface area contributed by atoms with E-state index in [4.69, 9.17) is 0 Å². The minimum Gasteiger partial charge on any atom is -0.356 e. The maximum atomic E-state index is 12.6. The third-order valence-corrected chi connectivity index (χ3v) is 6.24. The first-order chi connectivity index (χ1) is 15.6. The van der Waals surface area contributed by atoms with Gasteiger partial charge in [-0.1, -0.05) is 29.8 Å². The molecule has 2 saturated heterocycles. The largest absolute Gasteiger partial charge is 0.356 e. The fraction of sp³-hybridized carbons (Fsp3) is 0.500. The second kappa shape index (κ2) is 10.5. The zero-order valence-electron chi connectivity index (χ0n) is 18.7. The summed E-state index contributed by atoms with van der Waals surface area (Å²) in [4.78, 5) is 40.0. The lowest BCUT2D eigenvalue weighted by molar-refractivity contribution is -0.129. The molecule has 170 valence electrons. The third-order valence-electron chi connectivity index (χ3n) is 6.24. The minimum atomic E-state index is -0.248. The summed E-state index contributed by atoms with van der Waals surface area (Å²) in [5.74, 6) is 0.603. The summed E-state index contributed by atoms with van der Waals surface area (Å²) >= 11 is 0. The molecule has 1 N–H and O–H groups in total. The van der Waals surface area contributed by atoms with Crippen molar-refractivity contribution >= 4 is 17.8 Å². The topological polar surface area (TPSA) is 81.7 Å². The number of hydrogen-bond donors (Lipinski definition) is 1. The van der Waals surface area contributed by atoms with Crippen molar-refractivity contribution in [3.63, 3.8) is 0 Å². The summed E-state index contributed by atoms with van der Waals surface area (Å²) in [6.45, 7) is 8.48. The summed E-state index contributed by atoms with van der Waals surface area (Å²) in [6, 6.07) is 10.0. The van der Waals surface area contributed by atoms with Gasteiger partial charge >= 0.3 is 0 Å². The summed E-state index contributed by atoms with van der Waals surface area (Å²) in [5.41, 5.74) is 2.30. The van der Waals surface area contributed by atoms with Gasteiger partial charge in [0.2, 0.25) is 17.8 Å². The van der Waals surface area contributed by atoms with E-state index in [1.807, 2.05) is 25.1 Å². The zero-order valence-corrected chi connectivity index (χ0v) is 18.7. The summed E-state index contributed by atoms with van der Waals surface area (Å²) in [5, 5.41) is 3.04. The number of nitrogens with one attached hydrogen (secondary N) is 1. The van der Waals surface area contributed by atoms with E-state index < -0.39 is 0 Å². The maximum absolute atomic E-state index is 12.6. The second-order valence-corrected chi connectivity index (χ2v) is 8.68. The van der Waals surface area contributed by atoms with E-state index in [0.29, 0.717) is 26.1 Å². The lowest BCUT2D eigenvalue weighted by atomic mass is 10.1. The zero-order chi connectivity index (χ0) is 22.3. The molecule has 0 radical (unpaired) electrons. The van der Waals surface area contributed by atoms with Crippen LogP contribution in [-0.2, 0) is 16.1 Å². The van der Waals surface area contributed by atoms with E-state index >= 15 is 0 Å². The van der Waals surface area contributed by atoms with Crippen LogP contribution in [-0.4, -0.2) is 77.4 Å². The predicted molar refractivity (Wildman–Crippen MR) is 123 cm³/mol. The monoisotopic (exact) mass is 436 g/mol. The molecule has 32 heavy (non-hydrogen) atoms. The third kappa shape index (κ3) is 5.82. The SMILES string of the molecule is Cc1ccc(CN2CC(C(=O)NCCCN3CCN(c4ncccn4)CC3)CC2=O)cc1. The van der Waals surface area contributed by atoms with E-state index in [-0.39, 0.29) is 17.7 Å². The van der Waals surface area contributed by atoms with Crippen LogP contribution in [0.2, 0.25) is 0 Å². The molecule has 2 amide bonds. The molecule has 0 bridgehead atoms. The lowest BCUT2D eigenvalue weighted by Gasteiger charge is -2.34. The molecule has 1 unspecified atom stereocenters. The molecule has 0 spiro atoms. The summed E-state index contributed by atoms with van der Waals surface area (Å²) in [7, 11) is 0. The van der Waals surface area contributed by atoms with Gasteiger partial charge in [0.25, 0.3) is 0 Å². The Morgan fingerprint density at radius 1 is 1.09 bits per heavy atom. The van der Waals surface area contributed by atoms with Gasteiger partial charge in [-0.05, 0) is 31.5 Å². The summed E-state index contributed by atoms with van der Waals surface area (Å²) in [6.07, 6.45) is 4.76. The maximum Gasteiger partial charge on any atom is 0.225 e. The quantitative estimate of drug-likeness (QED) is 0.631. The van der Waals surface area contributed by atoms with E-state index in [9.17, 15) is 9.59 Å². The van der Waals surface area contributed by atoms with Crippen molar-refractivity contribution in [3.8, 4) is 0 Å². The first kappa shape index (κ1) is 22.2. The Labute approximate surface area is 189 Å². The van der Waals surface area contributed by atoms with Gasteiger partial charge in [-0.2, -0.15) is 0 Å². The molecule has 4 rings (SSSR count). The van der Waals surface area contributed by atoms with Crippen molar-refractivity contribution in [2.45, 2.75) is 26.3 Å². The smallest absolute Gasteiger partial charge is 0.225 e. The van der Waals surface area contributed by atoms with E-state index in [0.717, 1.165) is 50.7 Å². The summed E-state index contributed by atoms with van der Waals surface area (Å²) < 4.78 is 0. The van der Waals surface area contributed by atoms with Crippen LogP contribution in [0.4, 0.5) is 5.95 Å². The number of piperazine rings is 1. The fourth-order valence-electron chi connectivity index (χ4n) is 4.30. The Bertz CT molecular complexity index is 896. The molecule has 1 aromatic carbocycles. The predicted octanol–water partition coefficient (Wildman–Crippen LogP) is 1.46. The molecule has 2 aliphatic heterocycles. The van der Waals surface area contributed by atoms with Crippen LogP contribution in [0.3, 0.4) is 0 Å². The Morgan fingerprint density at radius 3 is 2.53 bits per heavy atom. The van der Waals surface area contributed by atoms with E-state index in [1.54, 1.807) is 17.3 Å². The molecule has 0 saturated carbocycles. The number of rotatable bonds is 8. The molecule has 8 heteroatoms. The minimum absolute atomic E-state index is 0.00389. The van der Waals surface area contributed by atoms with Crippen molar-refractivity contribution in [1.82, 2.24) is 25.1 Å². The van der Waals surface area contributed by atoms with Gasteiger partial charge in [0.15, 0.2) is 0 Å². The van der Waals surface area contributed by atoms with Crippen LogP contribution in [0, 0.1) is 12.8 Å². The fourth-order valence-corrected chi connectivity index (χ4v) is 4.30. The molecule has 0 aliphatic carbocycles. The first-order valence-electron chi connectivity index (χ1n) is 11.4. The average Bonchev–Trinajstić information content (AvgIpc) is 3.19. The molecule has 1 atom stereocenters. The number of benzene rings is 1. The Morgan fingerprint density at radius 2 is 1.81 bits per heavy atom. The van der Waals surface area contributed by atoms with Gasteiger partial charge < -0.3 is 15.1 Å². The Kier molecular flexibility index (Phi) is 7.32. The first-order valence-corrected chi connectivity index (χ1v) is 11.4. The highest BCUT2D eigenvalue weighted by molar-refractivity contribution is 5.89. The van der Waals surface area contributed by atoms with Crippen LogP contribution in [0.5, 0.6) is 0 Å². The van der Waals surface area contributed by atoms with Crippen LogP contribution < -0.4 is 10.2 Å². The highest BCUT2D eigenvalue weighted by atomic mass is 16.2. The van der Waals surface area contributed by atoms with E-state index in [2.05, 4.69) is 37.2 Å². The number of hydrogen-bond acceptors (Lipinski definition) is 6. The molecule has 1 aromatic heterocycles. The number of likely N-dealkylation sites (tertiary alicyclic amines) is 1. The molecule has 2 aliphatic rings. The molecule has 3 heterocycles. The van der Waals surface area contributed by atoms with Gasteiger partial charge in [0.1, 0.15) is 0 Å². The van der Waals surface area contributed by atoms with Crippen molar-refractivity contribution in [2.75, 3.05) is 50.7 Å². The van der Waals surface area contributed by atoms with Crippen LogP contribution in [0.25, 0.3) is 0 Å². The van der Waals surface area contributed by atoms with Crippen LogP contribution >= 0.6 is 0 Å². The number of aryl methyl sites for hydroxylation is 1. The second-order valence-electron chi connectivity index (χ2n) is 8.68. The van der Waals surface area contributed by atoms with Crippen molar-refractivity contribution in [1.29, 1.82) is 0 Å². The standard InChI is InChI=1S/C24H32N6O2/c1-19-4-6-20(7-5-19)17-30-18-21(16-22(30)31)23(32)25-10-3-11-28-12-14-29(15-13-28)24-26-8-2-9-27-24/h2,4-9,21H,3,10-18H2,1H3,(H,25,32). The van der Waals surface area contributed by atoms with Gasteiger partial charge in [-0.25, -0.2) is 9.97 Å². The van der Waals surface area contributed by atoms with Gasteiger partial charge in [0, 0.05) is 64.6 Å².